The van der Waals surface area contributed by atoms with Crippen molar-refractivity contribution in [3.05, 3.63) is 0 Å². The SMILES string of the molecule is C#CCC(=O)C(C)CCN. The van der Waals surface area contributed by atoms with Crippen LogP contribution in [0.3, 0.4) is 0 Å². The fraction of sp³-hybridized carbons (Fsp3) is 0.625. The summed E-state index contributed by atoms with van der Waals surface area (Å²) in [5, 5.41) is 0. The van der Waals surface area contributed by atoms with Gasteiger partial charge in [0, 0.05) is 5.92 Å². The predicted molar refractivity (Wildman–Crippen MR) is 41.3 cm³/mol. The maximum Gasteiger partial charge on any atom is 0.147 e. The van der Waals surface area contributed by atoms with Gasteiger partial charge in [-0.25, -0.2) is 0 Å². The highest BCUT2D eigenvalue weighted by Gasteiger charge is 2.09. The fourth-order valence-corrected chi connectivity index (χ4v) is 0.686. The van der Waals surface area contributed by atoms with Gasteiger partial charge in [-0.3, -0.25) is 4.79 Å². The normalized spacial score (nSPS) is 12.1. The molecular weight excluding hydrogens is 126 g/mol. The van der Waals surface area contributed by atoms with Crippen LogP contribution in [0.2, 0.25) is 0 Å². The topological polar surface area (TPSA) is 43.1 Å². The number of carbonyl (C=O) groups excluding carboxylic acids is 1. The van der Waals surface area contributed by atoms with E-state index >= 15 is 0 Å². The van der Waals surface area contributed by atoms with Crippen LogP contribution in [0.4, 0.5) is 0 Å². The van der Waals surface area contributed by atoms with Gasteiger partial charge in [0.25, 0.3) is 0 Å². The highest BCUT2D eigenvalue weighted by atomic mass is 16.1. The number of nitrogens with two attached hydrogens (primary N) is 1. The third-order valence-electron chi connectivity index (χ3n) is 1.43. The van der Waals surface area contributed by atoms with Gasteiger partial charge in [-0.2, -0.15) is 0 Å². The van der Waals surface area contributed by atoms with Gasteiger partial charge in [-0.05, 0) is 13.0 Å². The smallest absolute Gasteiger partial charge is 0.147 e. The number of ketones is 1. The molecular formula is C8H13NO. The van der Waals surface area contributed by atoms with Crippen LogP contribution < -0.4 is 5.73 Å². The second-order valence-corrected chi connectivity index (χ2v) is 2.33. The van der Waals surface area contributed by atoms with E-state index in [9.17, 15) is 4.79 Å². The summed E-state index contributed by atoms with van der Waals surface area (Å²) in [7, 11) is 0. The quantitative estimate of drug-likeness (QED) is 0.578. The zero-order valence-corrected chi connectivity index (χ0v) is 6.26. The van der Waals surface area contributed by atoms with Crippen LogP contribution in [0, 0.1) is 18.3 Å². The molecule has 0 bridgehead atoms. The molecule has 2 nitrogen and oxygen atoms in total. The first-order valence-corrected chi connectivity index (χ1v) is 3.38. The lowest BCUT2D eigenvalue weighted by Crippen LogP contribution is -2.14. The monoisotopic (exact) mass is 139 g/mol. The Labute approximate surface area is 61.8 Å². The molecule has 0 amide bonds. The summed E-state index contributed by atoms with van der Waals surface area (Å²) in [4.78, 5) is 10.9. The maximum atomic E-state index is 10.9. The molecule has 0 aliphatic heterocycles. The number of terminal acetylenes is 1. The summed E-state index contributed by atoms with van der Waals surface area (Å²) in [5.74, 6) is 2.46. The summed E-state index contributed by atoms with van der Waals surface area (Å²) in [5.41, 5.74) is 5.26. The number of hydrogen-bond donors (Lipinski definition) is 1. The maximum absolute atomic E-state index is 10.9. The zero-order chi connectivity index (χ0) is 7.98. The van der Waals surface area contributed by atoms with Crippen LogP contribution in [0.1, 0.15) is 19.8 Å². The summed E-state index contributed by atoms with van der Waals surface area (Å²) in [6.45, 7) is 2.41. The molecule has 0 radical (unpaired) electrons. The van der Waals surface area contributed by atoms with E-state index in [-0.39, 0.29) is 18.1 Å². The van der Waals surface area contributed by atoms with Gasteiger partial charge in [0.15, 0.2) is 0 Å². The molecule has 0 rings (SSSR count). The van der Waals surface area contributed by atoms with E-state index < -0.39 is 0 Å². The molecule has 0 saturated carbocycles. The lowest BCUT2D eigenvalue weighted by atomic mass is 10.0. The standard InChI is InChI=1S/C8H13NO/c1-3-4-8(10)7(2)5-6-9/h1,7H,4-6,9H2,2H3. The van der Waals surface area contributed by atoms with E-state index in [4.69, 9.17) is 12.2 Å². The van der Waals surface area contributed by atoms with Crippen LogP contribution in [-0.4, -0.2) is 12.3 Å². The summed E-state index contributed by atoms with van der Waals surface area (Å²) < 4.78 is 0. The van der Waals surface area contributed by atoms with E-state index in [1.165, 1.54) is 0 Å². The summed E-state index contributed by atoms with van der Waals surface area (Å²) in [6, 6.07) is 0. The Morgan fingerprint density at radius 2 is 2.40 bits per heavy atom. The van der Waals surface area contributed by atoms with E-state index in [1.54, 1.807) is 0 Å². The van der Waals surface area contributed by atoms with Crippen LogP contribution in [0.25, 0.3) is 0 Å². The molecule has 0 aromatic rings. The van der Waals surface area contributed by atoms with Crippen molar-refractivity contribution < 1.29 is 4.79 Å². The van der Waals surface area contributed by atoms with Crippen molar-refractivity contribution in [3.8, 4) is 12.3 Å². The molecule has 0 fully saturated rings. The molecule has 0 aromatic heterocycles. The minimum atomic E-state index is 0.0287. The van der Waals surface area contributed by atoms with Gasteiger partial charge < -0.3 is 5.73 Å². The third kappa shape index (κ3) is 3.26. The molecule has 2 N–H and O–H groups in total. The Morgan fingerprint density at radius 1 is 1.80 bits per heavy atom. The molecule has 1 atom stereocenters. The Balaban J connectivity index is 3.62. The van der Waals surface area contributed by atoms with Gasteiger partial charge in [-0.1, -0.05) is 12.8 Å². The largest absolute Gasteiger partial charge is 0.330 e. The second kappa shape index (κ2) is 5.01. The first-order valence-electron chi connectivity index (χ1n) is 3.38. The van der Waals surface area contributed by atoms with Crippen LogP contribution in [0.5, 0.6) is 0 Å². The Morgan fingerprint density at radius 3 is 2.80 bits per heavy atom. The Bertz CT molecular complexity index is 146. The molecule has 1 unspecified atom stereocenters. The van der Waals surface area contributed by atoms with Gasteiger partial charge in [0.1, 0.15) is 5.78 Å². The van der Waals surface area contributed by atoms with E-state index in [1.807, 2.05) is 6.92 Å². The highest BCUT2D eigenvalue weighted by molar-refractivity contribution is 5.82. The van der Waals surface area contributed by atoms with Crippen molar-refractivity contribution >= 4 is 5.78 Å². The number of rotatable bonds is 4. The minimum Gasteiger partial charge on any atom is -0.330 e. The molecule has 0 heterocycles. The molecule has 0 aliphatic rings. The predicted octanol–water partition coefficient (Wildman–Crippen LogP) is 0.564. The second-order valence-electron chi connectivity index (χ2n) is 2.33. The number of hydrogen-bond acceptors (Lipinski definition) is 2. The average molecular weight is 139 g/mol. The van der Waals surface area contributed by atoms with Crippen LogP contribution in [0.15, 0.2) is 0 Å². The Hall–Kier alpha value is -0.810. The van der Waals surface area contributed by atoms with E-state index in [0.717, 1.165) is 6.42 Å². The van der Waals surface area contributed by atoms with E-state index in [0.29, 0.717) is 6.54 Å². The van der Waals surface area contributed by atoms with Crippen molar-refractivity contribution in [2.24, 2.45) is 11.7 Å². The lowest BCUT2D eigenvalue weighted by Gasteiger charge is -2.04. The zero-order valence-electron chi connectivity index (χ0n) is 6.26. The summed E-state index contributed by atoms with van der Waals surface area (Å²) in [6.07, 6.45) is 5.94. The fourth-order valence-electron chi connectivity index (χ4n) is 0.686. The first-order chi connectivity index (χ1) is 4.72. The van der Waals surface area contributed by atoms with Crippen molar-refractivity contribution in [2.45, 2.75) is 19.8 Å². The van der Waals surface area contributed by atoms with Crippen molar-refractivity contribution in [1.29, 1.82) is 0 Å². The molecule has 56 valence electrons. The van der Waals surface area contributed by atoms with E-state index in [2.05, 4.69) is 5.92 Å². The molecule has 0 aromatic carbocycles. The van der Waals surface area contributed by atoms with Crippen LogP contribution in [-0.2, 0) is 4.79 Å². The van der Waals surface area contributed by atoms with Gasteiger partial charge in [-0.15, -0.1) is 6.42 Å². The molecule has 0 aliphatic carbocycles. The average Bonchev–Trinajstić information content (AvgIpc) is 1.89. The Kier molecular flexibility index (Phi) is 4.61. The molecule has 2 heteroatoms. The summed E-state index contributed by atoms with van der Waals surface area (Å²) >= 11 is 0. The van der Waals surface area contributed by atoms with Crippen molar-refractivity contribution in [2.75, 3.05) is 6.54 Å². The molecule has 0 spiro atoms. The van der Waals surface area contributed by atoms with Crippen molar-refractivity contribution in [3.63, 3.8) is 0 Å². The third-order valence-corrected chi connectivity index (χ3v) is 1.43. The van der Waals surface area contributed by atoms with Gasteiger partial charge >= 0.3 is 0 Å². The first kappa shape index (κ1) is 9.19. The number of Topliss-reactive ketones (excluding diaryl/α,β-unsaturated/α-hetero) is 1. The van der Waals surface area contributed by atoms with Gasteiger partial charge in [0.05, 0.1) is 6.42 Å². The number of carbonyl (C=O) groups is 1. The molecule has 0 saturated heterocycles. The lowest BCUT2D eigenvalue weighted by molar-refractivity contribution is -0.121. The minimum absolute atomic E-state index is 0.0287. The molecule has 10 heavy (non-hydrogen) atoms. The highest BCUT2D eigenvalue weighted by Crippen LogP contribution is 2.03. The van der Waals surface area contributed by atoms with Gasteiger partial charge in [0.2, 0.25) is 0 Å². The van der Waals surface area contributed by atoms with Crippen LogP contribution >= 0.6 is 0 Å². The van der Waals surface area contributed by atoms with Crippen molar-refractivity contribution in [1.82, 2.24) is 0 Å².